The fraction of sp³-hybridized carbons (Fsp3) is 0.308. The Labute approximate surface area is 89.6 Å². The Bertz CT molecular complexity index is 365. The molecule has 2 heteroatoms. The summed E-state index contributed by atoms with van der Waals surface area (Å²) in [4.78, 5) is 11.8. The van der Waals surface area contributed by atoms with E-state index in [4.69, 9.17) is 4.74 Å². The Morgan fingerprint density at radius 2 is 2.07 bits per heavy atom. The number of hydrogen-bond acceptors (Lipinski definition) is 2. The van der Waals surface area contributed by atoms with Gasteiger partial charge in [-0.15, -0.1) is 0 Å². The Morgan fingerprint density at radius 3 is 2.73 bits per heavy atom. The number of allylic oxidation sites excluding steroid dienone is 1. The largest absolute Gasteiger partial charge is 0.501 e. The van der Waals surface area contributed by atoms with E-state index in [1.807, 2.05) is 30.3 Å². The van der Waals surface area contributed by atoms with Crippen LogP contribution in [0.2, 0.25) is 0 Å². The molecule has 0 amide bonds. The summed E-state index contributed by atoms with van der Waals surface area (Å²) in [5.41, 5.74) is 1.89. The van der Waals surface area contributed by atoms with Gasteiger partial charge in [-0.2, -0.15) is 0 Å². The van der Waals surface area contributed by atoms with E-state index in [1.165, 1.54) is 0 Å². The number of rotatable bonds is 3. The van der Waals surface area contributed by atoms with Crippen LogP contribution in [0.15, 0.2) is 42.2 Å². The molecule has 0 bridgehead atoms. The zero-order valence-electron chi connectivity index (χ0n) is 8.61. The predicted molar refractivity (Wildman–Crippen MR) is 58.4 cm³/mol. The van der Waals surface area contributed by atoms with Crippen molar-refractivity contribution in [2.45, 2.75) is 19.3 Å². The van der Waals surface area contributed by atoms with Crippen molar-refractivity contribution in [2.75, 3.05) is 6.61 Å². The molecule has 78 valence electrons. The molecule has 0 unspecified atom stereocenters. The lowest BCUT2D eigenvalue weighted by atomic mass is 10.00. The summed E-state index contributed by atoms with van der Waals surface area (Å²) in [6.07, 6.45) is 3.91. The molecule has 0 aliphatic carbocycles. The van der Waals surface area contributed by atoms with E-state index in [9.17, 15) is 4.79 Å². The lowest BCUT2D eigenvalue weighted by Gasteiger charge is -2.12. The summed E-state index contributed by atoms with van der Waals surface area (Å²) < 4.78 is 5.16. The van der Waals surface area contributed by atoms with Gasteiger partial charge in [0.15, 0.2) is 5.78 Å². The van der Waals surface area contributed by atoms with Crippen LogP contribution in [-0.2, 0) is 16.0 Å². The molecule has 0 saturated carbocycles. The minimum absolute atomic E-state index is 0.181. The molecule has 0 spiro atoms. The van der Waals surface area contributed by atoms with E-state index in [0.29, 0.717) is 6.42 Å². The number of carbonyl (C=O) groups excluding carboxylic acids is 1. The lowest BCUT2D eigenvalue weighted by molar-refractivity contribution is -0.115. The molecule has 1 heterocycles. The van der Waals surface area contributed by atoms with Crippen LogP contribution in [0, 0.1) is 0 Å². The van der Waals surface area contributed by atoms with Gasteiger partial charge >= 0.3 is 0 Å². The number of ether oxygens (including phenoxy) is 1. The van der Waals surface area contributed by atoms with Gasteiger partial charge in [-0.1, -0.05) is 30.3 Å². The number of ketones is 1. The molecular weight excluding hydrogens is 188 g/mol. The van der Waals surface area contributed by atoms with E-state index in [-0.39, 0.29) is 5.78 Å². The fourth-order valence-corrected chi connectivity index (χ4v) is 1.66. The van der Waals surface area contributed by atoms with Gasteiger partial charge in [0.25, 0.3) is 0 Å². The van der Waals surface area contributed by atoms with Crippen molar-refractivity contribution in [1.29, 1.82) is 0 Å². The smallest absolute Gasteiger partial charge is 0.166 e. The molecule has 2 nitrogen and oxygen atoms in total. The highest BCUT2D eigenvalue weighted by molar-refractivity contribution is 5.96. The van der Waals surface area contributed by atoms with Gasteiger partial charge < -0.3 is 4.74 Å². The Kier molecular flexibility index (Phi) is 3.18. The fourth-order valence-electron chi connectivity index (χ4n) is 1.66. The first-order valence-corrected chi connectivity index (χ1v) is 5.24. The van der Waals surface area contributed by atoms with Crippen LogP contribution in [0.5, 0.6) is 0 Å². The van der Waals surface area contributed by atoms with Gasteiger partial charge in [0, 0.05) is 12.0 Å². The summed E-state index contributed by atoms with van der Waals surface area (Å²) in [7, 11) is 0. The van der Waals surface area contributed by atoms with Crippen molar-refractivity contribution in [1.82, 2.24) is 0 Å². The molecule has 2 rings (SSSR count). The van der Waals surface area contributed by atoms with Crippen LogP contribution in [-0.4, -0.2) is 12.4 Å². The summed E-state index contributed by atoms with van der Waals surface area (Å²) in [5.74, 6) is 0.181. The summed E-state index contributed by atoms with van der Waals surface area (Å²) >= 11 is 0. The number of benzene rings is 1. The van der Waals surface area contributed by atoms with Crippen molar-refractivity contribution >= 4 is 5.78 Å². The van der Waals surface area contributed by atoms with Crippen LogP contribution in [0.3, 0.4) is 0 Å². The van der Waals surface area contributed by atoms with Crippen molar-refractivity contribution in [3.05, 3.63) is 47.7 Å². The van der Waals surface area contributed by atoms with Crippen LogP contribution in [0.4, 0.5) is 0 Å². The Morgan fingerprint density at radius 1 is 1.27 bits per heavy atom. The standard InChI is InChI=1S/C13H14O2/c14-13(12-7-4-8-15-10-12)9-11-5-2-1-3-6-11/h1-3,5-6,10H,4,7-9H2. The van der Waals surface area contributed by atoms with E-state index >= 15 is 0 Å². The minimum Gasteiger partial charge on any atom is -0.501 e. The van der Waals surface area contributed by atoms with E-state index in [0.717, 1.165) is 30.6 Å². The Balaban J connectivity index is 2.00. The zero-order valence-corrected chi connectivity index (χ0v) is 8.61. The van der Waals surface area contributed by atoms with E-state index in [2.05, 4.69) is 0 Å². The molecule has 0 N–H and O–H groups in total. The number of carbonyl (C=O) groups is 1. The summed E-state index contributed by atoms with van der Waals surface area (Å²) in [5, 5.41) is 0. The second-order valence-electron chi connectivity index (χ2n) is 3.70. The first kappa shape index (κ1) is 9.97. The van der Waals surface area contributed by atoms with Crippen LogP contribution in [0.1, 0.15) is 18.4 Å². The van der Waals surface area contributed by atoms with E-state index < -0.39 is 0 Å². The van der Waals surface area contributed by atoms with Gasteiger partial charge in [-0.3, -0.25) is 4.79 Å². The van der Waals surface area contributed by atoms with Gasteiger partial charge in [-0.05, 0) is 18.4 Å². The maximum atomic E-state index is 11.8. The molecule has 0 atom stereocenters. The zero-order chi connectivity index (χ0) is 10.5. The lowest BCUT2D eigenvalue weighted by Crippen LogP contribution is -2.11. The first-order valence-electron chi connectivity index (χ1n) is 5.24. The van der Waals surface area contributed by atoms with Gasteiger partial charge in [-0.25, -0.2) is 0 Å². The minimum atomic E-state index is 0.181. The molecule has 0 fully saturated rings. The van der Waals surface area contributed by atoms with Crippen LogP contribution >= 0.6 is 0 Å². The highest BCUT2D eigenvalue weighted by Crippen LogP contribution is 2.15. The number of hydrogen-bond donors (Lipinski definition) is 0. The van der Waals surface area contributed by atoms with Gasteiger partial charge in [0.2, 0.25) is 0 Å². The number of Topliss-reactive ketones (excluding diaryl/α,β-unsaturated/α-hetero) is 1. The average Bonchev–Trinajstić information content (AvgIpc) is 2.31. The van der Waals surface area contributed by atoms with Crippen molar-refractivity contribution in [3.63, 3.8) is 0 Å². The molecule has 15 heavy (non-hydrogen) atoms. The molecule has 1 aromatic carbocycles. The summed E-state index contributed by atoms with van der Waals surface area (Å²) in [6.45, 7) is 0.738. The third-order valence-corrected chi connectivity index (χ3v) is 2.50. The van der Waals surface area contributed by atoms with Crippen molar-refractivity contribution in [2.24, 2.45) is 0 Å². The SMILES string of the molecule is O=C(Cc1ccccc1)C1=COCCC1. The average molecular weight is 202 g/mol. The molecule has 1 aliphatic heterocycles. The molecule has 1 aliphatic rings. The maximum absolute atomic E-state index is 11.8. The maximum Gasteiger partial charge on any atom is 0.166 e. The topological polar surface area (TPSA) is 26.3 Å². The third-order valence-electron chi connectivity index (χ3n) is 2.50. The van der Waals surface area contributed by atoms with Crippen molar-refractivity contribution < 1.29 is 9.53 Å². The highest BCUT2D eigenvalue weighted by Gasteiger charge is 2.13. The molecular formula is C13H14O2. The first-order chi connectivity index (χ1) is 7.36. The van der Waals surface area contributed by atoms with Gasteiger partial charge in [0.05, 0.1) is 12.9 Å². The van der Waals surface area contributed by atoms with E-state index in [1.54, 1.807) is 6.26 Å². The normalized spacial score (nSPS) is 15.3. The third kappa shape index (κ3) is 2.69. The molecule has 0 saturated heterocycles. The second kappa shape index (κ2) is 4.78. The molecule has 0 radical (unpaired) electrons. The summed E-state index contributed by atoms with van der Waals surface area (Å²) in [6, 6.07) is 9.81. The van der Waals surface area contributed by atoms with Crippen molar-refractivity contribution in [3.8, 4) is 0 Å². The molecule has 1 aromatic rings. The predicted octanol–water partition coefficient (Wildman–Crippen LogP) is 2.49. The quantitative estimate of drug-likeness (QED) is 0.752. The van der Waals surface area contributed by atoms with Crippen LogP contribution < -0.4 is 0 Å². The second-order valence-corrected chi connectivity index (χ2v) is 3.70. The highest BCUT2D eigenvalue weighted by atomic mass is 16.5. The Hall–Kier alpha value is -1.57. The van der Waals surface area contributed by atoms with Gasteiger partial charge in [0.1, 0.15) is 0 Å². The molecule has 0 aromatic heterocycles. The van der Waals surface area contributed by atoms with Crippen LogP contribution in [0.25, 0.3) is 0 Å². The monoisotopic (exact) mass is 202 g/mol.